The number of hydrogen-bond donors (Lipinski definition) is 1. The van der Waals surface area contributed by atoms with Crippen LogP contribution in [0.4, 0.5) is 5.69 Å². The third-order valence-corrected chi connectivity index (χ3v) is 3.84. The van der Waals surface area contributed by atoms with E-state index >= 15 is 0 Å². The molecule has 1 rings (SSSR count). The van der Waals surface area contributed by atoms with Crippen molar-refractivity contribution < 1.29 is 0 Å². The molecule has 0 saturated carbocycles. The lowest BCUT2D eigenvalue weighted by molar-refractivity contribution is 0.723. The summed E-state index contributed by atoms with van der Waals surface area (Å²) in [5.74, 6) is 2.27. The molecule has 0 radical (unpaired) electrons. The average molecular weight is 268 g/mol. The van der Waals surface area contributed by atoms with Crippen LogP contribution < -0.4 is 10.6 Å². The van der Waals surface area contributed by atoms with Crippen molar-refractivity contribution in [1.29, 1.82) is 0 Å². The van der Waals surface area contributed by atoms with E-state index in [1.54, 1.807) is 0 Å². The molecule has 1 aromatic heterocycles. The van der Waals surface area contributed by atoms with Gasteiger partial charge in [0.2, 0.25) is 0 Å². The Hall–Kier alpha value is -0.810. The molecule has 4 nitrogen and oxygen atoms in total. The molecule has 18 heavy (non-hydrogen) atoms. The van der Waals surface area contributed by atoms with E-state index in [0.29, 0.717) is 18.5 Å². The molecule has 0 aromatic carbocycles. The Morgan fingerprint density at radius 3 is 2.56 bits per heavy atom. The van der Waals surface area contributed by atoms with Gasteiger partial charge in [0.05, 0.1) is 17.6 Å². The van der Waals surface area contributed by atoms with Crippen LogP contribution in [0.25, 0.3) is 0 Å². The minimum atomic E-state index is 0.332. The molecule has 1 heterocycles. The molecule has 1 atom stereocenters. The summed E-state index contributed by atoms with van der Waals surface area (Å²) >= 11 is 1.84. The van der Waals surface area contributed by atoms with Crippen LogP contribution in [0, 0.1) is 0 Å². The van der Waals surface area contributed by atoms with Crippen molar-refractivity contribution in [2.45, 2.75) is 39.3 Å². The SMILES string of the molecule is CSCC(C)N(C)c1cnc(C(C)C)nc1CN. The Labute approximate surface area is 114 Å². The van der Waals surface area contributed by atoms with Crippen LogP contribution in [0.3, 0.4) is 0 Å². The molecule has 0 aliphatic rings. The first-order valence-electron chi connectivity index (χ1n) is 6.28. The second-order valence-electron chi connectivity index (χ2n) is 4.83. The largest absolute Gasteiger partial charge is 0.368 e. The topological polar surface area (TPSA) is 55.0 Å². The van der Waals surface area contributed by atoms with E-state index in [2.05, 4.69) is 48.9 Å². The second kappa shape index (κ2) is 6.95. The van der Waals surface area contributed by atoms with Crippen LogP contribution >= 0.6 is 11.8 Å². The average Bonchev–Trinajstić information content (AvgIpc) is 2.37. The van der Waals surface area contributed by atoms with Gasteiger partial charge in [-0.15, -0.1) is 0 Å². The Morgan fingerprint density at radius 1 is 1.39 bits per heavy atom. The zero-order valence-electron chi connectivity index (χ0n) is 12.0. The molecule has 5 heteroatoms. The summed E-state index contributed by atoms with van der Waals surface area (Å²) < 4.78 is 0. The van der Waals surface area contributed by atoms with Gasteiger partial charge in [-0.05, 0) is 13.2 Å². The Kier molecular flexibility index (Phi) is 5.88. The fraction of sp³-hybridized carbons (Fsp3) is 0.692. The van der Waals surface area contributed by atoms with Gasteiger partial charge in [0, 0.05) is 31.3 Å². The molecule has 1 unspecified atom stereocenters. The zero-order valence-corrected chi connectivity index (χ0v) is 12.8. The van der Waals surface area contributed by atoms with E-state index < -0.39 is 0 Å². The first-order chi connectivity index (χ1) is 8.51. The smallest absolute Gasteiger partial charge is 0.131 e. The lowest BCUT2D eigenvalue weighted by atomic mass is 10.2. The maximum atomic E-state index is 5.81. The van der Waals surface area contributed by atoms with Gasteiger partial charge in [-0.1, -0.05) is 13.8 Å². The monoisotopic (exact) mass is 268 g/mol. The van der Waals surface area contributed by atoms with Crippen molar-refractivity contribution in [1.82, 2.24) is 9.97 Å². The van der Waals surface area contributed by atoms with E-state index in [9.17, 15) is 0 Å². The molecule has 0 fully saturated rings. The van der Waals surface area contributed by atoms with Crippen molar-refractivity contribution >= 4 is 17.4 Å². The third kappa shape index (κ3) is 3.59. The number of nitrogens with zero attached hydrogens (tertiary/aromatic N) is 3. The van der Waals surface area contributed by atoms with Gasteiger partial charge in [0.15, 0.2) is 0 Å². The lowest BCUT2D eigenvalue weighted by Gasteiger charge is -2.28. The van der Waals surface area contributed by atoms with Crippen LogP contribution in [-0.4, -0.2) is 35.1 Å². The molecule has 0 amide bonds. The first kappa shape index (κ1) is 15.2. The Balaban J connectivity index is 3.01. The summed E-state index contributed by atoms with van der Waals surface area (Å²) in [6.45, 7) is 6.84. The summed E-state index contributed by atoms with van der Waals surface area (Å²) in [5, 5.41) is 0. The Bertz CT molecular complexity index is 381. The fourth-order valence-corrected chi connectivity index (χ4v) is 2.45. The van der Waals surface area contributed by atoms with E-state index in [-0.39, 0.29) is 0 Å². The lowest BCUT2D eigenvalue weighted by Crippen LogP contribution is -2.32. The second-order valence-corrected chi connectivity index (χ2v) is 5.74. The van der Waals surface area contributed by atoms with Gasteiger partial charge in [-0.2, -0.15) is 11.8 Å². The van der Waals surface area contributed by atoms with Crippen molar-refractivity contribution in [2.24, 2.45) is 5.73 Å². The number of nitrogens with two attached hydrogens (primary N) is 1. The van der Waals surface area contributed by atoms with Gasteiger partial charge in [0.25, 0.3) is 0 Å². The summed E-state index contributed by atoms with van der Waals surface area (Å²) in [6.07, 6.45) is 4.02. The van der Waals surface area contributed by atoms with Crippen molar-refractivity contribution in [3.63, 3.8) is 0 Å². The summed E-state index contributed by atoms with van der Waals surface area (Å²) in [6, 6.07) is 0.443. The summed E-state index contributed by atoms with van der Waals surface area (Å²) in [7, 11) is 2.08. The highest BCUT2D eigenvalue weighted by Crippen LogP contribution is 2.21. The summed E-state index contributed by atoms with van der Waals surface area (Å²) in [4.78, 5) is 11.2. The maximum absolute atomic E-state index is 5.81. The van der Waals surface area contributed by atoms with Crippen LogP contribution in [0.15, 0.2) is 6.20 Å². The number of anilines is 1. The fourth-order valence-electron chi connectivity index (χ4n) is 1.74. The molecule has 0 aliphatic carbocycles. The van der Waals surface area contributed by atoms with E-state index in [0.717, 1.165) is 23.0 Å². The molecular weight excluding hydrogens is 244 g/mol. The number of hydrogen-bond acceptors (Lipinski definition) is 5. The van der Waals surface area contributed by atoms with Crippen molar-refractivity contribution in [3.8, 4) is 0 Å². The molecule has 0 spiro atoms. The standard InChI is InChI=1S/C13H24N4S/c1-9(2)13-15-7-12(11(6-14)16-13)17(4)10(3)8-18-5/h7,9-10H,6,8,14H2,1-5H3. The highest BCUT2D eigenvalue weighted by Gasteiger charge is 2.15. The Morgan fingerprint density at radius 2 is 2.06 bits per heavy atom. The van der Waals surface area contributed by atoms with E-state index in [1.165, 1.54) is 0 Å². The highest BCUT2D eigenvalue weighted by molar-refractivity contribution is 7.98. The van der Waals surface area contributed by atoms with Crippen LogP contribution in [0.5, 0.6) is 0 Å². The third-order valence-electron chi connectivity index (χ3n) is 3.02. The van der Waals surface area contributed by atoms with Gasteiger partial charge < -0.3 is 10.6 Å². The van der Waals surface area contributed by atoms with Gasteiger partial charge in [0.1, 0.15) is 5.82 Å². The van der Waals surface area contributed by atoms with Crippen LogP contribution in [0.1, 0.15) is 38.2 Å². The number of aromatic nitrogens is 2. The predicted molar refractivity (Wildman–Crippen MR) is 80.3 cm³/mol. The number of rotatable bonds is 6. The number of thioether (sulfide) groups is 1. The van der Waals surface area contributed by atoms with Gasteiger partial charge >= 0.3 is 0 Å². The molecule has 0 bridgehead atoms. The van der Waals surface area contributed by atoms with E-state index in [4.69, 9.17) is 5.73 Å². The van der Waals surface area contributed by atoms with Gasteiger partial charge in [-0.25, -0.2) is 9.97 Å². The molecule has 102 valence electrons. The normalized spacial score (nSPS) is 12.8. The molecule has 2 N–H and O–H groups in total. The zero-order chi connectivity index (χ0) is 13.7. The van der Waals surface area contributed by atoms with Crippen LogP contribution in [-0.2, 0) is 6.54 Å². The molecule has 1 aromatic rings. The highest BCUT2D eigenvalue weighted by atomic mass is 32.2. The van der Waals surface area contributed by atoms with Crippen molar-refractivity contribution in [2.75, 3.05) is 24.0 Å². The quantitative estimate of drug-likeness (QED) is 0.857. The molecule has 0 aliphatic heterocycles. The summed E-state index contributed by atoms with van der Waals surface area (Å²) in [5.41, 5.74) is 7.79. The first-order valence-corrected chi connectivity index (χ1v) is 7.68. The minimum Gasteiger partial charge on any atom is -0.368 e. The predicted octanol–water partition coefficient (Wildman–Crippen LogP) is 2.25. The van der Waals surface area contributed by atoms with Crippen LogP contribution in [0.2, 0.25) is 0 Å². The van der Waals surface area contributed by atoms with E-state index in [1.807, 2.05) is 18.0 Å². The molecule has 0 saturated heterocycles. The maximum Gasteiger partial charge on any atom is 0.131 e. The van der Waals surface area contributed by atoms with Gasteiger partial charge in [-0.3, -0.25) is 0 Å². The van der Waals surface area contributed by atoms with Crippen molar-refractivity contribution in [3.05, 3.63) is 17.7 Å². The molecular formula is C13H24N4S. The minimum absolute atomic E-state index is 0.332.